The lowest BCUT2D eigenvalue weighted by atomic mass is 9.99. The number of likely N-dealkylation sites (tertiary alicyclic amines) is 1. The van der Waals surface area contributed by atoms with E-state index in [9.17, 15) is 26.7 Å². The average molecular weight is 451 g/mol. The summed E-state index contributed by atoms with van der Waals surface area (Å²) in [6, 6.07) is 10.9. The maximum absolute atomic E-state index is 12.7. The number of alkyl halides is 5. The second kappa shape index (κ2) is 8.90. The highest BCUT2D eigenvalue weighted by atomic mass is 19.4. The Morgan fingerprint density at radius 3 is 2.38 bits per heavy atom. The zero-order chi connectivity index (χ0) is 22.9. The van der Waals surface area contributed by atoms with Crippen molar-refractivity contribution in [1.29, 1.82) is 0 Å². The second-order valence-corrected chi connectivity index (χ2v) is 8.07. The van der Waals surface area contributed by atoms with Crippen molar-refractivity contribution < 1.29 is 26.7 Å². The Kier molecular flexibility index (Phi) is 6.19. The fraction of sp³-hybridized carbons (Fsp3) is 0.348. The minimum absolute atomic E-state index is 0.202. The molecule has 0 radical (unpaired) electrons. The molecule has 4 nitrogen and oxygen atoms in total. The number of nitrogens with zero attached hydrogens (tertiary/aromatic N) is 1. The summed E-state index contributed by atoms with van der Waals surface area (Å²) in [5.41, 5.74) is 2.58. The SMILES string of the molecule is O=C(Nc1c[nH]c2ccc(CCc3ccc(C(F)(F)F)cc3)cc12)C1CN(CC(F)F)C1. The van der Waals surface area contributed by atoms with Crippen molar-refractivity contribution in [2.75, 3.05) is 25.0 Å². The highest BCUT2D eigenvalue weighted by molar-refractivity contribution is 6.02. The third kappa shape index (κ3) is 5.09. The first kappa shape index (κ1) is 22.3. The third-order valence-corrected chi connectivity index (χ3v) is 5.71. The number of H-pyrrole nitrogens is 1. The molecule has 1 amide bonds. The molecule has 1 aliphatic rings. The molecule has 2 aromatic carbocycles. The number of benzene rings is 2. The largest absolute Gasteiger partial charge is 0.416 e. The molecular formula is C23H22F5N3O. The van der Waals surface area contributed by atoms with E-state index in [0.29, 0.717) is 31.6 Å². The molecule has 1 aromatic heterocycles. The Morgan fingerprint density at radius 2 is 1.72 bits per heavy atom. The van der Waals surface area contributed by atoms with Gasteiger partial charge in [-0.3, -0.25) is 9.69 Å². The molecule has 1 fully saturated rings. The normalized spacial score (nSPS) is 15.3. The van der Waals surface area contributed by atoms with Gasteiger partial charge in [0.05, 0.1) is 23.7 Å². The number of aromatic amines is 1. The van der Waals surface area contributed by atoms with Gasteiger partial charge in [0.15, 0.2) is 0 Å². The minimum Gasteiger partial charge on any atom is -0.359 e. The molecule has 32 heavy (non-hydrogen) atoms. The summed E-state index contributed by atoms with van der Waals surface area (Å²) in [4.78, 5) is 17.1. The number of aromatic nitrogens is 1. The number of rotatable bonds is 7. The number of carbonyl (C=O) groups is 1. The first-order chi connectivity index (χ1) is 15.2. The molecule has 170 valence electrons. The predicted octanol–water partition coefficient (Wildman–Crippen LogP) is 5.11. The van der Waals surface area contributed by atoms with Gasteiger partial charge in [-0.25, -0.2) is 8.78 Å². The summed E-state index contributed by atoms with van der Waals surface area (Å²) in [7, 11) is 0. The van der Waals surface area contributed by atoms with Gasteiger partial charge in [0, 0.05) is 30.2 Å². The van der Waals surface area contributed by atoms with Gasteiger partial charge >= 0.3 is 6.18 Å². The van der Waals surface area contributed by atoms with E-state index in [-0.39, 0.29) is 18.4 Å². The Balaban J connectivity index is 1.38. The first-order valence-corrected chi connectivity index (χ1v) is 10.3. The number of amides is 1. The van der Waals surface area contributed by atoms with Gasteiger partial charge in [-0.2, -0.15) is 13.2 Å². The molecule has 0 saturated carbocycles. The molecule has 1 aliphatic heterocycles. The molecule has 0 atom stereocenters. The fourth-order valence-electron chi connectivity index (χ4n) is 3.89. The van der Waals surface area contributed by atoms with E-state index in [4.69, 9.17) is 0 Å². The lowest BCUT2D eigenvalue weighted by Crippen LogP contribution is -2.53. The first-order valence-electron chi connectivity index (χ1n) is 10.3. The van der Waals surface area contributed by atoms with Gasteiger partial charge in [-0.15, -0.1) is 0 Å². The summed E-state index contributed by atoms with van der Waals surface area (Å²) >= 11 is 0. The van der Waals surface area contributed by atoms with Gasteiger partial charge in [-0.05, 0) is 48.2 Å². The Hall–Kier alpha value is -2.94. The molecule has 2 N–H and O–H groups in total. The van der Waals surface area contributed by atoms with E-state index in [1.165, 1.54) is 12.1 Å². The Labute approximate surface area is 181 Å². The van der Waals surface area contributed by atoms with E-state index >= 15 is 0 Å². The third-order valence-electron chi connectivity index (χ3n) is 5.71. The van der Waals surface area contributed by atoms with Crippen molar-refractivity contribution in [2.45, 2.75) is 25.4 Å². The number of halogens is 5. The number of nitrogens with one attached hydrogen (secondary N) is 2. The number of hydrogen-bond donors (Lipinski definition) is 2. The zero-order valence-corrected chi connectivity index (χ0v) is 17.1. The van der Waals surface area contributed by atoms with Crippen LogP contribution in [-0.4, -0.2) is 41.9 Å². The van der Waals surface area contributed by atoms with Gasteiger partial charge < -0.3 is 10.3 Å². The summed E-state index contributed by atoms with van der Waals surface area (Å²) in [5.74, 6) is -0.520. The van der Waals surface area contributed by atoms with Crippen LogP contribution < -0.4 is 5.32 Å². The van der Waals surface area contributed by atoms with Crippen LogP contribution in [0.1, 0.15) is 16.7 Å². The lowest BCUT2D eigenvalue weighted by molar-refractivity contribution is -0.137. The van der Waals surface area contributed by atoms with Gasteiger partial charge in [0.25, 0.3) is 6.43 Å². The average Bonchev–Trinajstić information content (AvgIpc) is 3.10. The number of aryl methyl sites for hydroxylation is 2. The highest BCUT2D eigenvalue weighted by Crippen LogP contribution is 2.30. The summed E-state index contributed by atoms with van der Waals surface area (Å²) in [5, 5.41) is 3.70. The van der Waals surface area contributed by atoms with Crippen LogP contribution in [0.4, 0.5) is 27.6 Å². The molecule has 9 heteroatoms. The van der Waals surface area contributed by atoms with Gasteiger partial charge in [0.2, 0.25) is 5.91 Å². The summed E-state index contributed by atoms with van der Waals surface area (Å²) in [6.45, 7) is 0.312. The second-order valence-electron chi connectivity index (χ2n) is 8.07. The molecule has 0 aliphatic carbocycles. The monoisotopic (exact) mass is 451 g/mol. The van der Waals surface area contributed by atoms with Crippen LogP contribution in [0, 0.1) is 5.92 Å². The van der Waals surface area contributed by atoms with Crippen LogP contribution in [0.3, 0.4) is 0 Å². The maximum atomic E-state index is 12.7. The molecule has 0 unspecified atom stereocenters. The van der Waals surface area contributed by atoms with Crippen molar-refractivity contribution in [1.82, 2.24) is 9.88 Å². The van der Waals surface area contributed by atoms with Crippen LogP contribution in [-0.2, 0) is 23.8 Å². The topological polar surface area (TPSA) is 48.1 Å². The van der Waals surface area contributed by atoms with Crippen molar-refractivity contribution in [2.24, 2.45) is 5.92 Å². The van der Waals surface area contributed by atoms with Crippen LogP contribution in [0.5, 0.6) is 0 Å². The smallest absolute Gasteiger partial charge is 0.359 e. The molecule has 3 aromatic rings. The van der Waals surface area contributed by atoms with E-state index in [1.807, 2.05) is 18.2 Å². The van der Waals surface area contributed by atoms with Gasteiger partial charge in [0.1, 0.15) is 0 Å². The standard InChI is InChI=1S/C23H22F5N3O/c24-21(25)13-31-11-16(12-31)22(32)30-20-10-29-19-8-5-15(9-18(19)20)2-1-14-3-6-17(7-4-14)23(26,27)28/h3-10,16,21,29H,1-2,11-13H2,(H,30,32). The fourth-order valence-corrected chi connectivity index (χ4v) is 3.89. The summed E-state index contributed by atoms with van der Waals surface area (Å²) in [6.07, 6.45) is -3.85. The molecule has 4 rings (SSSR count). The van der Waals surface area contributed by atoms with E-state index in [2.05, 4.69) is 10.3 Å². The number of carbonyl (C=O) groups excluding carboxylic acids is 1. The predicted molar refractivity (Wildman–Crippen MR) is 112 cm³/mol. The van der Waals surface area contributed by atoms with Crippen LogP contribution in [0.15, 0.2) is 48.7 Å². The van der Waals surface area contributed by atoms with Gasteiger partial charge in [-0.1, -0.05) is 18.2 Å². The molecule has 2 heterocycles. The Morgan fingerprint density at radius 1 is 1.06 bits per heavy atom. The highest BCUT2D eigenvalue weighted by Gasteiger charge is 2.34. The zero-order valence-electron chi connectivity index (χ0n) is 17.1. The lowest BCUT2D eigenvalue weighted by Gasteiger charge is -2.37. The Bertz CT molecular complexity index is 1090. The molecule has 0 spiro atoms. The van der Waals surface area contributed by atoms with E-state index in [0.717, 1.165) is 34.2 Å². The number of anilines is 1. The van der Waals surface area contributed by atoms with Crippen molar-refractivity contribution in [3.63, 3.8) is 0 Å². The molecular weight excluding hydrogens is 429 g/mol. The van der Waals surface area contributed by atoms with Crippen molar-refractivity contribution >= 4 is 22.5 Å². The van der Waals surface area contributed by atoms with Crippen molar-refractivity contribution in [3.8, 4) is 0 Å². The van der Waals surface area contributed by atoms with E-state index in [1.54, 1.807) is 11.1 Å². The minimum atomic E-state index is -4.35. The molecule has 0 bridgehead atoms. The van der Waals surface area contributed by atoms with Crippen LogP contribution in [0.2, 0.25) is 0 Å². The van der Waals surface area contributed by atoms with Crippen LogP contribution >= 0.6 is 0 Å². The molecule has 1 saturated heterocycles. The van der Waals surface area contributed by atoms with Crippen molar-refractivity contribution in [3.05, 3.63) is 65.4 Å². The van der Waals surface area contributed by atoms with Crippen LogP contribution in [0.25, 0.3) is 10.9 Å². The summed E-state index contributed by atoms with van der Waals surface area (Å²) < 4.78 is 62.9. The maximum Gasteiger partial charge on any atom is 0.416 e. The van der Waals surface area contributed by atoms with E-state index < -0.39 is 18.2 Å². The quantitative estimate of drug-likeness (QED) is 0.491. The number of fused-ring (bicyclic) bond motifs is 1. The number of hydrogen-bond acceptors (Lipinski definition) is 2.